The average Bonchev–Trinajstić information content (AvgIpc) is 2.26. The summed E-state index contributed by atoms with van der Waals surface area (Å²) in [6, 6.07) is 4.88. The van der Waals surface area contributed by atoms with E-state index in [1.165, 1.54) is 6.07 Å². The van der Waals surface area contributed by atoms with Gasteiger partial charge in [-0.25, -0.2) is 8.42 Å². The zero-order valence-corrected chi connectivity index (χ0v) is 13.3. The minimum Gasteiger partial charge on any atom is -0.481 e. The van der Waals surface area contributed by atoms with E-state index in [1.54, 1.807) is 31.0 Å². The number of hydrogen-bond donors (Lipinski definition) is 1. The SMILES string of the molecule is CC(CN(C)c1c(Br)cccc1S(C)(=O)=O)C(=O)O. The molecule has 1 rings (SSSR count). The maximum Gasteiger partial charge on any atom is 0.308 e. The molecular formula is C12H16BrNO4S. The molecule has 0 aliphatic heterocycles. The van der Waals surface area contributed by atoms with Crippen molar-refractivity contribution < 1.29 is 18.3 Å². The molecule has 106 valence electrons. The summed E-state index contributed by atoms with van der Waals surface area (Å²) < 4.78 is 24.2. The van der Waals surface area contributed by atoms with Crippen LogP contribution in [0.2, 0.25) is 0 Å². The van der Waals surface area contributed by atoms with Gasteiger partial charge in [-0.15, -0.1) is 0 Å². The predicted molar refractivity (Wildman–Crippen MR) is 77.3 cm³/mol. The summed E-state index contributed by atoms with van der Waals surface area (Å²) in [5, 5.41) is 8.92. The standard InChI is InChI=1S/C12H16BrNO4S/c1-8(12(15)16)7-14(2)11-9(13)5-4-6-10(11)19(3,17)18/h4-6,8H,7H2,1-3H3,(H,15,16). The first-order chi connectivity index (χ1) is 8.64. The van der Waals surface area contributed by atoms with Crippen LogP contribution in [-0.2, 0) is 14.6 Å². The van der Waals surface area contributed by atoms with Crippen LogP contribution in [0.25, 0.3) is 0 Å². The molecule has 0 spiro atoms. The van der Waals surface area contributed by atoms with Gasteiger partial charge < -0.3 is 10.0 Å². The van der Waals surface area contributed by atoms with E-state index in [4.69, 9.17) is 5.11 Å². The first-order valence-corrected chi connectivity index (χ1v) is 8.25. The number of hydrogen-bond acceptors (Lipinski definition) is 4. The Morgan fingerprint density at radius 2 is 2.05 bits per heavy atom. The lowest BCUT2D eigenvalue weighted by Crippen LogP contribution is -2.29. The molecule has 0 aliphatic carbocycles. The Hall–Kier alpha value is -1.08. The van der Waals surface area contributed by atoms with E-state index >= 15 is 0 Å². The van der Waals surface area contributed by atoms with Crippen LogP contribution in [0.4, 0.5) is 5.69 Å². The molecule has 0 amide bonds. The summed E-state index contributed by atoms with van der Waals surface area (Å²) in [6.45, 7) is 1.80. The van der Waals surface area contributed by atoms with Gasteiger partial charge in [0.2, 0.25) is 0 Å². The van der Waals surface area contributed by atoms with Crippen molar-refractivity contribution in [1.82, 2.24) is 0 Å². The minimum absolute atomic E-state index is 0.182. The van der Waals surface area contributed by atoms with Gasteiger partial charge in [0.25, 0.3) is 0 Å². The van der Waals surface area contributed by atoms with Crippen LogP contribution >= 0.6 is 15.9 Å². The van der Waals surface area contributed by atoms with Gasteiger partial charge in [0.05, 0.1) is 16.5 Å². The van der Waals surface area contributed by atoms with Gasteiger partial charge in [0, 0.05) is 24.3 Å². The molecule has 1 atom stereocenters. The van der Waals surface area contributed by atoms with Crippen molar-refractivity contribution in [3.05, 3.63) is 22.7 Å². The molecule has 0 fully saturated rings. The minimum atomic E-state index is -3.38. The lowest BCUT2D eigenvalue weighted by atomic mass is 10.1. The lowest BCUT2D eigenvalue weighted by molar-refractivity contribution is -0.140. The molecular weight excluding hydrogens is 334 g/mol. The number of carboxylic acid groups (broad SMARTS) is 1. The fraction of sp³-hybridized carbons (Fsp3) is 0.417. The first kappa shape index (κ1) is 16.0. The maximum absolute atomic E-state index is 11.8. The summed E-state index contributed by atoms with van der Waals surface area (Å²) in [6.07, 6.45) is 1.13. The Kier molecular flexibility index (Phi) is 4.98. The highest BCUT2D eigenvalue weighted by Gasteiger charge is 2.21. The van der Waals surface area contributed by atoms with Crippen molar-refractivity contribution in [2.75, 3.05) is 24.7 Å². The number of carbonyl (C=O) groups is 1. The van der Waals surface area contributed by atoms with Crippen LogP contribution in [0.15, 0.2) is 27.6 Å². The number of anilines is 1. The molecule has 1 aromatic rings. The normalized spacial score (nSPS) is 13.1. The van der Waals surface area contributed by atoms with Gasteiger partial charge in [-0.1, -0.05) is 13.0 Å². The highest BCUT2D eigenvalue weighted by molar-refractivity contribution is 9.10. The lowest BCUT2D eigenvalue weighted by Gasteiger charge is -2.24. The number of sulfone groups is 1. The smallest absolute Gasteiger partial charge is 0.308 e. The molecule has 0 heterocycles. The molecule has 5 nitrogen and oxygen atoms in total. The molecule has 0 aliphatic rings. The molecule has 1 N–H and O–H groups in total. The van der Waals surface area contributed by atoms with Gasteiger partial charge >= 0.3 is 5.97 Å². The summed E-state index contributed by atoms with van der Waals surface area (Å²) in [5.74, 6) is -1.51. The van der Waals surface area contributed by atoms with E-state index < -0.39 is 21.7 Å². The molecule has 0 radical (unpaired) electrons. The zero-order valence-electron chi connectivity index (χ0n) is 10.9. The van der Waals surface area contributed by atoms with E-state index in [0.29, 0.717) is 10.2 Å². The summed E-state index contributed by atoms with van der Waals surface area (Å²) >= 11 is 3.31. The fourth-order valence-corrected chi connectivity index (χ4v) is 3.49. The molecule has 7 heteroatoms. The van der Waals surface area contributed by atoms with Gasteiger partial charge in [-0.05, 0) is 28.1 Å². The quantitative estimate of drug-likeness (QED) is 0.879. The third kappa shape index (κ3) is 3.94. The van der Waals surface area contributed by atoms with Gasteiger partial charge in [-0.2, -0.15) is 0 Å². The summed E-state index contributed by atoms with van der Waals surface area (Å²) in [4.78, 5) is 12.7. The van der Waals surface area contributed by atoms with Crippen molar-refractivity contribution in [1.29, 1.82) is 0 Å². The molecule has 1 aromatic carbocycles. The van der Waals surface area contributed by atoms with Crippen molar-refractivity contribution in [3.63, 3.8) is 0 Å². The van der Waals surface area contributed by atoms with Crippen LogP contribution in [0.5, 0.6) is 0 Å². The van der Waals surface area contributed by atoms with E-state index in [1.807, 2.05) is 0 Å². The van der Waals surface area contributed by atoms with Crippen molar-refractivity contribution in [2.45, 2.75) is 11.8 Å². The zero-order chi connectivity index (χ0) is 14.8. The predicted octanol–water partition coefficient (Wildman–Crippen LogP) is 2.01. The van der Waals surface area contributed by atoms with Crippen molar-refractivity contribution >= 4 is 37.4 Å². The molecule has 0 bridgehead atoms. The number of carboxylic acids is 1. The fourth-order valence-electron chi connectivity index (χ4n) is 1.75. The molecule has 1 unspecified atom stereocenters. The number of rotatable bonds is 5. The third-order valence-corrected chi connectivity index (χ3v) is 4.47. The second-order valence-corrected chi connectivity index (χ2v) is 7.32. The van der Waals surface area contributed by atoms with E-state index in [-0.39, 0.29) is 11.4 Å². The number of aliphatic carboxylic acids is 1. The number of para-hydroxylation sites is 1. The topological polar surface area (TPSA) is 74.7 Å². The van der Waals surface area contributed by atoms with Crippen LogP contribution in [0.3, 0.4) is 0 Å². The Bertz CT molecular complexity index is 585. The van der Waals surface area contributed by atoms with Crippen LogP contribution in [-0.4, -0.2) is 39.3 Å². The third-order valence-electron chi connectivity index (χ3n) is 2.70. The van der Waals surface area contributed by atoms with E-state index in [0.717, 1.165) is 6.26 Å². The van der Waals surface area contributed by atoms with Crippen LogP contribution in [0, 0.1) is 5.92 Å². The highest BCUT2D eigenvalue weighted by atomic mass is 79.9. The van der Waals surface area contributed by atoms with Crippen molar-refractivity contribution in [3.8, 4) is 0 Å². The van der Waals surface area contributed by atoms with Crippen LogP contribution in [0.1, 0.15) is 6.92 Å². The number of halogens is 1. The van der Waals surface area contributed by atoms with Crippen LogP contribution < -0.4 is 4.90 Å². The number of benzene rings is 1. The van der Waals surface area contributed by atoms with E-state index in [2.05, 4.69) is 15.9 Å². The van der Waals surface area contributed by atoms with E-state index in [9.17, 15) is 13.2 Å². The monoisotopic (exact) mass is 349 g/mol. The molecule has 0 saturated carbocycles. The Morgan fingerprint density at radius 3 is 2.53 bits per heavy atom. The summed E-state index contributed by atoms with van der Waals surface area (Å²) in [7, 11) is -1.70. The van der Waals surface area contributed by atoms with Crippen molar-refractivity contribution in [2.24, 2.45) is 5.92 Å². The summed E-state index contributed by atoms with van der Waals surface area (Å²) in [5.41, 5.74) is 0.484. The number of nitrogens with zero attached hydrogens (tertiary/aromatic N) is 1. The average molecular weight is 350 g/mol. The first-order valence-electron chi connectivity index (χ1n) is 5.57. The Morgan fingerprint density at radius 1 is 1.47 bits per heavy atom. The van der Waals surface area contributed by atoms with Gasteiger partial charge in [0.15, 0.2) is 9.84 Å². The Balaban J connectivity index is 3.23. The molecule has 0 saturated heterocycles. The Labute approximate surface area is 121 Å². The largest absolute Gasteiger partial charge is 0.481 e. The van der Waals surface area contributed by atoms with Gasteiger partial charge in [0.1, 0.15) is 0 Å². The second kappa shape index (κ2) is 5.92. The highest BCUT2D eigenvalue weighted by Crippen LogP contribution is 2.33. The molecule has 0 aromatic heterocycles. The second-order valence-electron chi connectivity index (χ2n) is 4.48. The maximum atomic E-state index is 11.8. The molecule has 19 heavy (non-hydrogen) atoms. The van der Waals surface area contributed by atoms with Gasteiger partial charge in [-0.3, -0.25) is 4.79 Å².